The number of hydrazine groups is 1. The normalized spacial score (nSPS) is 12.3. The molecule has 100 valence electrons. The highest BCUT2D eigenvalue weighted by atomic mass is 15.2. The maximum atomic E-state index is 5.65. The highest BCUT2D eigenvalue weighted by Crippen LogP contribution is 2.12. The molecular weight excluding hydrogens is 234 g/mol. The van der Waals surface area contributed by atoms with Gasteiger partial charge in [0.25, 0.3) is 0 Å². The first-order valence-electron chi connectivity index (χ1n) is 6.70. The Kier molecular flexibility index (Phi) is 5.07. The SMILES string of the molecule is Cc1ccccc1CCC(Cc1ccccn1)NN. The number of benzene rings is 1. The number of aryl methyl sites for hydroxylation is 2. The zero-order valence-corrected chi connectivity index (χ0v) is 11.3. The van der Waals surface area contributed by atoms with Gasteiger partial charge < -0.3 is 0 Å². The fourth-order valence-corrected chi connectivity index (χ4v) is 2.24. The first kappa shape index (κ1) is 13.7. The van der Waals surface area contributed by atoms with Gasteiger partial charge in [-0.05, 0) is 43.0 Å². The summed E-state index contributed by atoms with van der Waals surface area (Å²) in [6.07, 6.45) is 4.74. The first-order chi connectivity index (χ1) is 9.29. The molecule has 2 aromatic rings. The molecule has 3 N–H and O–H groups in total. The Hall–Kier alpha value is -1.71. The first-order valence-corrected chi connectivity index (χ1v) is 6.70. The second kappa shape index (κ2) is 7.02. The molecule has 1 aromatic heterocycles. The van der Waals surface area contributed by atoms with Gasteiger partial charge in [0, 0.05) is 24.4 Å². The number of nitrogens with zero attached hydrogens (tertiary/aromatic N) is 1. The lowest BCUT2D eigenvalue weighted by Gasteiger charge is -2.16. The van der Waals surface area contributed by atoms with E-state index in [2.05, 4.69) is 41.6 Å². The summed E-state index contributed by atoms with van der Waals surface area (Å²) in [5.41, 5.74) is 6.72. The van der Waals surface area contributed by atoms with E-state index in [0.29, 0.717) is 0 Å². The average molecular weight is 255 g/mol. The highest BCUT2D eigenvalue weighted by molar-refractivity contribution is 5.25. The third-order valence-electron chi connectivity index (χ3n) is 3.44. The van der Waals surface area contributed by atoms with Crippen LogP contribution in [0.15, 0.2) is 48.7 Å². The third-order valence-corrected chi connectivity index (χ3v) is 3.44. The zero-order valence-electron chi connectivity index (χ0n) is 11.3. The van der Waals surface area contributed by atoms with Crippen LogP contribution in [0, 0.1) is 6.92 Å². The van der Waals surface area contributed by atoms with Crippen molar-refractivity contribution in [3.63, 3.8) is 0 Å². The molecule has 3 heteroatoms. The zero-order chi connectivity index (χ0) is 13.5. The molecule has 0 aliphatic heterocycles. The topological polar surface area (TPSA) is 50.9 Å². The van der Waals surface area contributed by atoms with Crippen LogP contribution in [-0.2, 0) is 12.8 Å². The molecule has 1 unspecified atom stereocenters. The Morgan fingerprint density at radius 3 is 2.63 bits per heavy atom. The van der Waals surface area contributed by atoms with E-state index in [-0.39, 0.29) is 6.04 Å². The summed E-state index contributed by atoms with van der Waals surface area (Å²) >= 11 is 0. The van der Waals surface area contributed by atoms with Crippen molar-refractivity contribution in [2.45, 2.75) is 32.2 Å². The molecule has 3 nitrogen and oxygen atoms in total. The van der Waals surface area contributed by atoms with Gasteiger partial charge in [-0.25, -0.2) is 0 Å². The highest BCUT2D eigenvalue weighted by Gasteiger charge is 2.09. The molecule has 0 radical (unpaired) electrons. The van der Waals surface area contributed by atoms with Gasteiger partial charge in [0.15, 0.2) is 0 Å². The van der Waals surface area contributed by atoms with Crippen LogP contribution in [0.1, 0.15) is 23.2 Å². The van der Waals surface area contributed by atoms with Crippen LogP contribution in [0.2, 0.25) is 0 Å². The second-order valence-electron chi connectivity index (χ2n) is 4.85. The number of pyridine rings is 1. The standard InChI is InChI=1S/C16H21N3/c1-13-6-2-3-7-14(13)9-10-16(19-17)12-15-8-4-5-11-18-15/h2-8,11,16,19H,9-10,12,17H2,1H3. The number of rotatable bonds is 6. The largest absolute Gasteiger partial charge is 0.271 e. The van der Waals surface area contributed by atoms with E-state index in [9.17, 15) is 0 Å². The minimum atomic E-state index is 0.259. The van der Waals surface area contributed by atoms with Crippen molar-refractivity contribution in [1.29, 1.82) is 0 Å². The van der Waals surface area contributed by atoms with Gasteiger partial charge in [0.1, 0.15) is 0 Å². The van der Waals surface area contributed by atoms with E-state index in [1.165, 1.54) is 11.1 Å². The molecule has 0 amide bonds. The Morgan fingerprint density at radius 2 is 1.95 bits per heavy atom. The number of nitrogens with two attached hydrogens (primary N) is 1. The van der Waals surface area contributed by atoms with Gasteiger partial charge in [-0.15, -0.1) is 0 Å². The molecule has 0 fully saturated rings. The van der Waals surface area contributed by atoms with Crippen molar-refractivity contribution >= 4 is 0 Å². The summed E-state index contributed by atoms with van der Waals surface area (Å²) in [4.78, 5) is 4.34. The number of nitrogens with one attached hydrogen (secondary N) is 1. The number of hydrogen-bond donors (Lipinski definition) is 2. The minimum Gasteiger partial charge on any atom is -0.271 e. The summed E-state index contributed by atoms with van der Waals surface area (Å²) in [7, 11) is 0. The van der Waals surface area contributed by atoms with E-state index in [1.807, 2.05) is 24.4 Å². The van der Waals surface area contributed by atoms with Crippen LogP contribution >= 0.6 is 0 Å². The van der Waals surface area contributed by atoms with E-state index < -0.39 is 0 Å². The molecule has 0 aliphatic carbocycles. The van der Waals surface area contributed by atoms with Gasteiger partial charge in [-0.3, -0.25) is 16.3 Å². The lowest BCUT2D eigenvalue weighted by Crippen LogP contribution is -2.37. The van der Waals surface area contributed by atoms with Crippen molar-refractivity contribution in [3.8, 4) is 0 Å². The second-order valence-corrected chi connectivity index (χ2v) is 4.85. The molecule has 0 bridgehead atoms. The summed E-state index contributed by atoms with van der Waals surface area (Å²) in [5.74, 6) is 5.65. The van der Waals surface area contributed by atoms with Crippen LogP contribution in [-0.4, -0.2) is 11.0 Å². The molecule has 0 aliphatic rings. The molecule has 1 aromatic carbocycles. The Balaban J connectivity index is 1.91. The van der Waals surface area contributed by atoms with Crippen molar-refractivity contribution in [3.05, 3.63) is 65.5 Å². The number of hydrogen-bond acceptors (Lipinski definition) is 3. The molecule has 0 spiro atoms. The van der Waals surface area contributed by atoms with Crippen molar-refractivity contribution < 1.29 is 0 Å². The van der Waals surface area contributed by atoms with Crippen LogP contribution in [0.3, 0.4) is 0 Å². The van der Waals surface area contributed by atoms with Gasteiger partial charge in [0.2, 0.25) is 0 Å². The Bertz CT molecular complexity index is 496. The maximum Gasteiger partial charge on any atom is 0.0419 e. The van der Waals surface area contributed by atoms with Crippen LogP contribution in [0.25, 0.3) is 0 Å². The van der Waals surface area contributed by atoms with E-state index >= 15 is 0 Å². The smallest absolute Gasteiger partial charge is 0.0419 e. The fraction of sp³-hybridized carbons (Fsp3) is 0.312. The lowest BCUT2D eigenvalue weighted by molar-refractivity contribution is 0.487. The molecule has 2 rings (SSSR count). The quantitative estimate of drug-likeness (QED) is 0.615. The van der Waals surface area contributed by atoms with E-state index in [1.54, 1.807) is 0 Å². The van der Waals surface area contributed by atoms with Gasteiger partial charge in [-0.2, -0.15) is 0 Å². The maximum absolute atomic E-state index is 5.65. The monoisotopic (exact) mass is 255 g/mol. The Labute approximate surface area is 114 Å². The van der Waals surface area contributed by atoms with Crippen molar-refractivity contribution in [1.82, 2.24) is 10.4 Å². The molecule has 1 atom stereocenters. The lowest BCUT2D eigenvalue weighted by atomic mass is 9.99. The van der Waals surface area contributed by atoms with Crippen LogP contribution in [0.5, 0.6) is 0 Å². The van der Waals surface area contributed by atoms with Gasteiger partial charge in [-0.1, -0.05) is 30.3 Å². The fourth-order valence-electron chi connectivity index (χ4n) is 2.24. The van der Waals surface area contributed by atoms with Crippen molar-refractivity contribution in [2.75, 3.05) is 0 Å². The molecule has 19 heavy (non-hydrogen) atoms. The summed E-state index contributed by atoms with van der Waals surface area (Å²) in [6.45, 7) is 2.15. The van der Waals surface area contributed by atoms with Crippen molar-refractivity contribution in [2.24, 2.45) is 5.84 Å². The minimum absolute atomic E-state index is 0.259. The van der Waals surface area contributed by atoms with Gasteiger partial charge in [0.05, 0.1) is 0 Å². The third kappa shape index (κ3) is 4.16. The van der Waals surface area contributed by atoms with Crippen LogP contribution < -0.4 is 11.3 Å². The number of aromatic nitrogens is 1. The van der Waals surface area contributed by atoms with E-state index in [4.69, 9.17) is 5.84 Å². The summed E-state index contributed by atoms with van der Waals surface area (Å²) in [6, 6.07) is 14.7. The van der Waals surface area contributed by atoms with E-state index in [0.717, 1.165) is 25.0 Å². The van der Waals surface area contributed by atoms with Crippen LogP contribution in [0.4, 0.5) is 0 Å². The predicted molar refractivity (Wildman–Crippen MR) is 78.6 cm³/mol. The summed E-state index contributed by atoms with van der Waals surface area (Å²) < 4.78 is 0. The molecule has 0 saturated carbocycles. The Morgan fingerprint density at radius 1 is 1.16 bits per heavy atom. The average Bonchev–Trinajstić information content (AvgIpc) is 2.46. The molecular formula is C16H21N3. The van der Waals surface area contributed by atoms with Gasteiger partial charge >= 0.3 is 0 Å². The molecule has 1 heterocycles. The summed E-state index contributed by atoms with van der Waals surface area (Å²) in [5, 5.41) is 0. The predicted octanol–water partition coefficient (Wildman–Crippen LogP) is 2.40. The molecule has 0 saturated heterocycles.